The molecular weight excluding hydrogens is 482 g/mol. The van der Waals surface area contributed by atoms with Crippen molar-refractivity contribution in [3.8, 4) is 0 Å². The van der Waals surface area contributed by atoms with E-state index in [0.29, 0.717) is 49.4 Å². The van der Waals surface area contributed by atoms with Crippen molar-refractivity contribution in [3.63, 3.8) is 0 Å². The van der Waals surface area contributed by atoms with Crippen LogP contribution in [0.25, 0.3) is 21.8 Å². The molecule has 4 aromatic rings. The molecule has 2 saturated heterocycles. The molecule has 1 unspecified atom stereocenters. The fourth-order valence-corrected chi connectivity index (χ4v) is 5.64. The number of hydrogen-bond acceptors (Lipinski definition) is 6. The lowest BCUT2D eigenvalue weighted by Gasteiger charge is -2.31. The highest BCUT2D eigenvalue weighted by Crippen LogP contribution is 2.30. The Bertz CT molecular complexity index is 1500. The smallest absolute Gasteiger partial charge is 0.259 e. The number of morpholine rings is 1. The molecule has 1 atom stereocenters. The molecule has 2 aliphatic rings. The molecule has 0 saturated carbocycles. The quantitative estimate of drug-likeness (QED) is 0.409. The predicted molar refractivity (Wildman–Crippen MR) is 146 cm³/mol. The molecule has 38 heavy (non-hydrogen) atoms. The highest BCUT2D eigenvalue weighted by atomic mass is 16.5. The molecule has 2 aromatic carbocycles. The van der Waals surface area contributed by atoms with Gasteiger partial charge in [0, 0.05) is 43.8 Å². The van der Waals surface area contributed by atoms with E-state index in [2.05, 4.69) is 32.4 Å². The molecule has 9 nitrogen and oxygen atoms in total. The van der Waals surface area contributed by atoms with E-state index in [1.807, 2.05) is 41.9 Å². The van der Waals surface area contributed by atoms with Gasteiger partial charge in [-0.05, 0) is 43.0 Å². The number of carbonyl (C=O) groups is 1. The first-order valence-electron chi connectivity index (χ1n) is 13.4. The minimum Gasteiger partial charge on any atom is -0.381 e. The lowest BCUT2D eigenvalue weighted by molar-refractivity contribution is 0.0332. The highest BCUT2D eigenvalue weighted by Gasteiger charge is 2.24. The zero-order valence-corrected chi connectivity index (χ0v) is 21.6. The number of aromatic amines is 1. The Kier molecular flexibility index (Phi) is 6.97. The second-order valence-corrected chi connectivity index (χ2v) is 10.2. The molecule has 2 N–H and O–H groups in total. The Hall–Kier alpha value is -3.53. The second kappa shape index (κ2) is 10.7. The summed E-state index contributed by atoms with van der Waals surface area (Å²) in [5, 5.41) is 9.26. The van der Waals surface area contributed by atoms with Gasteiger partial charge in [-0.1, -0.05) is 30.3 Å². The van der Waals surface area contributed by atoms with Crippen molar-refractivity contribution in [2.24, 2.45) is 0 Å². The SMILES string of the molecule is Cc1cc2[nH]c(=O)c3cnn(C4CCOCC4)c3c2cc1C(=O)NC(CN1CCOCC1)c1ccccc1. The summed E-state index contributed by atoms with van der Waals surface area (Å²) in [6, 6.07) is 13.9. The van der Waals surface area contributed by atoms with Gasteiger partial charge in [0.25, 0.3) is 11.5 Å². The standard InChI is InChI=1S/C29H33N5O4/c1-19-15-25-23(27-24(29(36)31-25)17-30-34(27)21-7-11-37-12-8-21)16-22(19)28(35)32-26(20-5-3-2-4-6-20)18-33-9-13-38-14-10-33/h2-6,15-17,21,26H,7-14,18H2,1H3,(H,31,36)(H,32,35). The van der Waals surface area contributed by atoms with E-state index in [1.54, 1.807) is 6.20 Å². The third-order valence-corrected chi connectivity index (χ3v) is 7.74. The molecule has 2 fully saturated rings. The summed E-state index contributed by atoms with van der Waals surface area (Å²) in [5.41, 5.74) is 3.77. The fraction of sp³-hybridized carbons (Fsp3) is 0.414. The molecule has 2 aliphatic heterocycles. The Morgan fingerprint density at radius 3 is 2.58 bits per heavy atom. The minimum atomic E-state index is -0.169. The number of amides is 1. The van der Waals surface area contributed by atoms with Gasteiger partial charge >= 0.3 is 0 Å². The number of fused-ring (bicyclic) bond motifs is 3. The minimum absolute atomic E-state index is 0.136. The number of carbonyl (C=O) groups excluding carboxylic acids is 1. The summed E-state index contributed by atoms with van der Waals surface area (Å²) in [7, 11) is 0. The van der Waals surface area contributed by atoms with Crippen molar-refractivity contribution < 1.29 is 14.3 Å². The number of rotatable bonds is 6. The average Bonchev–Trinajstić information content (AvgIpc) is 3.40. The molecule has 0 radical (unpaired) electrons. The summed E-state index contributed by atoms with van der Waals surface area (Å²) in [4.78, 5) is 32.0. The largest absolute Gasteiger partial charge is 0.381 e. The zero-order valence-electron chi connectivity index (χ0n) is 21.6. The van der Waals surface area contributed by atoms with Gasteiger partial charge in [0.15, 0.2) is 0 Å². The first-order valence-corrected chi connectivity index (χ1v) is 13.4. The Morgan fingerprint density at radius 1 is 1.08 bits per heavy atom. The molecule has 2 aromatic heterocycles. The number of H-pyrrole nitrogens is 1. The van der Waals surface area contributed by atoms with Gasteiger partial charge in [-0.3, -0.25) is 19.2 Å². The summed E-state index contributed by atoms with van der Waals surface area (Å²) < 4.78 is 13.0. The van der Waals surface area contributed by atoms with Crippen LogP contribution in [0.5, 0.6) is 0 Å². The van der Waals surface area contributed by atoms with E-state index < -0.39 is 0 Å². The van der Waals surface area contributed by atoms with Crippen LogP contribution >= 0.6 is 0 Å². The van der Waals surface area contributed by atoms with E-state index in [0.717, 1.165) is 48.0 Å². The van der Waals surface area contributed by atoms with Crippen molar-refractivity contribution in [3.05, 3.63) is 75.7 Å². The van der Waals surface area contributed by atoms with Crippen molar-refractivity contribution in [2.75, 3.05) is 46.1 Å². The maximum atomic E-state index is 13.8. The van der Waals surface area contributed by atoms with Gasteiger partial charge < -0.3 is 19.8 Å². The Balaban J connectivity index is 1.38. The molecular formula is C29H33N5O4. The van der Waals surface area contributed by atoms with Crippen LogP contribution in [-0.4, -0.2) is 71.6 Å². The highest BCUT2D eigenvalue weighted by molar-refractivity contribution is 6.07. The van der Waals surface area contributed by atoms with Crippen molar-refractivity contribution in [1.29, 1.82) is 0 Å². The number of pyridine rings is 1. The number of hydrogen-bond donors (Lipinski definition) is 2. The van der Waals surface area contributed by atoms with E-state index in [9.17, 15) is 9.59 Å². The Morgan fingerprint density at radius 2 is 1.82 bits per heavy atom. The first kappa shape index (κ1) is 24.8. The van der Waals surface area contributed by atoms with Gasteiger partial charge in [0.1, 0.15) is 0 Å². The number of aromatic nitrogens is 3. The molecule has 0 spiro atoms. The van der Waals surface area contributed by atoms with E-state index in [4.69, 9.17) is 9.47 Å². The monoisotopic (exact) mass is 515 g/mol. The molecule has 198 valence electrons. The third-order valence-electron chi connectivity index (χ3n) is 7.74. The van der Waals surface area contributed by atoms with E-state index >= 15 is 0 Å². The normalized spacial score (nSPS) is 18.1. The molecule has 1 amide bonds. The zero-order chi connectivity index (χ0) is 26.1. The number of nitrogens with zero attached hydrogens (tertiary/aromatic N) is 3. The molecule has 4 heterocycles. The number of ether oxygens (including phenoxy) is 2. The fourth-order valence-electron chi connectivity index (χ4n) is 5.64. The van der Waals surface area contributed by atoms with Crippen LogP contribution in [0.4, 0.5) is 0 Å². The lowest BCUT2D eigenvalue weighted by Crippen LogP contribution is -2.43. The maximum absolute atomic E-state index is 13.8. The van der Waals surface area contributed by atoms with Gasteiger partial charge in [-0.2, -0.15) is 5.10 Å². The molecule has 6 rings (SSSR count). The van der Waals surface area contributed by atoms with Crippen LogP contribution in [0.2, 0.25) is 0 Å². The van der Waals surface area contributed by atoms with Crippen LogP contribution in [0.1, 0.15) is 46.4 Å². The lowest BCUT2D eigenvalue weighted by atomic mass is 10.0. The maximum Gasteiger partial charge on any atom is 0.259 e. The van der Waals surface area contributed by atoms with Gasteiger partial charge in [0.2, 0.25) is 0 Å². The van der Waals surface area contributed by atoms with E-state index in [-0.39, 0.29) is 23.6 Å². The second-order valence-electron chi connectivity index (χ2n) is 10.2. The predicted octanol–water partition coefficient (Wildman–Crippen LogP) is 3.34. The van der Waals surface area contributed by atoms with Crippen LogP contribution in [0.3, 0.4) is 0 Å². The van der Waals surface area contributed by atoms with Crippen molar-refractivity contribution >= 4 is 27.7 Å². The molecule has 0 aliphatic carbocycles. The number of aryl methyl sites for hydroxylation is 1. The molecule has 0 bridgehead atoms. The summed E-state index contributed by atoms with van der Waals surface area (Å²) in [6.07, 6.45) is 3.31. The van der Waals surface area contributed by atoms with Crippen LogP contribution in [0.15, 0.2) is 53.5 Å². The van der Waals surface area contributed by atoms with Gasteiger partial charge in [-0.15, -0.1) is 0 Å². The number of nitrogens with one attached hydrogen (secondary N) is 2. The van der Waals surface area contributed by atoms with Crippen LogP contribution in [0, 0.1) is 6.92 Å². The topological polar surface area (TPSA) is 101 Å². The van der Waals surface area contributed by atoms with Crippen LogP contribution in [-0.2, 0) is 9.47 Å². The molecule has 9 heteroatoms. The van der Waals surface area contributed by atoms with Gasteiger partial charge in [0.05, 0.1) is 47.9 Å². The summed E-state index contributed by atoms with van der Waals surface area (Å²) >= 11 is 0. The number of benzene rings is 2. The first-order chi connectivity index (χ1) is 18.6. The third kappa shape index (κ3) is 4.84. The van der Waals surface area contributed by atoms with Crippen LogP contribution < -0.4 is 10.9 Å². The van der Waals surface area contributed by atoms with Crippen molar-refractivity contribution in [1.82, 2.24) is 25.0 Å². The van der Waals surface area contributed by atoms with Gasteiger partial charge in [-0.25, -0.2) is 0 Å². The van der Waals surface area contributed by atoms with Crippen molar-refractivity contribution in [2.45, 2.75) is 31.8 Å². The average molecular weight is 516 g/mol. The summed E-state index contributed by atoms with van der Waals surface area (Å²) in [6.45, 7) is 7.05. The summed E-state index contributed by atoms with van der Waals surface area (Å²) in [5.74, 6) is -0.136. The Labute approximate surface area is 220 Å². The van der Waals surface area contributed by atoms with E-state index in [1.165, 1.54) is 0 Å².